The number of nitrogens with one attached hydrogen (secondary N) is 1. The summed E-state index contributed by atoms with van der Waals surface area (Å²) in [5, 5.41) is 4.22. The predicted octanol–water partition coefficient (Wildman–Crippen LogP) is 3.70. The van der Waals surface area contributed by atoms with Gasteiger partial charge in [-0.25, -0.2) is 13.8 Å². The molecule has 9 heteroatoms. The van der Waals surface area contributed by atoms with E-state index < -0.39 is 22.5 Å². The standard InChI is InChI=1S/C22H21ClN4O3S/c1-16-6-10-20(11-7-16)31(29,30)27(21-13-18(23)9-8-17(21)2)15-22(28)26-25-14-19-5-3-4-12-24-19/h3-14H,15H2,1-2H3,(H,26,28)/b25-14-. The largest absolute Gasteiger partial charge is 0.271 e. The summed E-state index contributed by atoms with van der Waals surface area (Å²) < 4.78 is 27.8. The number of pyridine rings is 1. The van der Waals surface area contributed by atoms with Crippen LogP contribution in [0.1, 0.15) is 16.8 Å². The molecule has 31 heavy (non-hydrogen) atoms. The zero-order chi connectivity index (χ0) is 22.4. The summed E-state index contributed by atoms with van der Waals surface area (Å²) in [7, 11) is -4.03. The Morgan fingerprint density at radius 1 is 1.13 bits per heavy atom. The fraction of sp³-hybridized carbons (Fsp3) is 0.136. The number of hydrogen-bond acceptors (Lipinski definition) is 5. The summed E-state index contributed by atoms with van der Waals surface area (Å²) in [6, 6.07) is 16.6. The molecular weight excluding hydrogens is 436 g/mol. The molecule has 1 N–H and O–H groups in total. The Labute approximate surface area is 186 Å². The van der Waals surface area contributed by atoms with Gasteiger partial charge in [-0.05, 0) is 55.8 Å². The molecule has 3 rings (SSSR count). The van der Waals surface area contributed by atoms with E-state index >= 15 is 0 Å². The maximum Gasteiger partial charge on any atom is 0.264 e. The molecule has 160 valence electrons. The highest BCUT2D eigenvalue weighted by atomic mass is 35.5. The van der Waals surface area contributed by atoms with Crippen molar-refractivity contribution in [3.05, 3.63) is 88.7 Å². The van der Waals surface area contributed by atoms with Gasteiger partial charge in [0.05, 0.1) is 22.5 Å². The number of amides is 1. The van der Waals surface area contributed by atoms with Crippen LogP contribution in [0.15, 0.2) is 76.9 Å². The zero-order valence-electron chi connectivity index (χ0n) is 17.0. The number of nitrogens with zero attached hydrogens (tertiary/aromatic N) is 3. The van der Waals surface area contributed by atoms with E-state index in [0.29, 0.717) is 22.0 Å². The number of benzene rings is 2. The van der Waals surface area contributed by atoms with Crippen molar-refractivity contribution in [2.24, 2.45) is 5.10 Å². The van der Waals surface area contributed by atoms with E-state index in [1.54, 1.807) is 55.6 Å². The van der Waals surface area contributed by atoms with Crippen LogP contribution in [0.25, 0.3) is 0 Å². The van der Waals surface area contributed by atoms with Crippen molar-refractivity contribution in [3.63, 3.8) is 0 Å². The van der Waals surface area contributed by atoms with Gasteiger partial charge in [0.25, 0.3) is 15.9 Å². The molecule has 3 aromatic rings. The molecule has 0 aliphatic rings. The maximum atomic E-state index is 13.4. The molecule has 2 aromatic carbocycles. The number of carbonyl (C=O) groups is 1. The van der Waals surface area contributed by atoms with Crippen molar-refractivity contribution in [2.75, 3.05) is 10.8 Å². The molecule has 1 aromatic heterocycles. The van der Waals surface area contributed by atoms with Gasteiger partial charge in [-0.15, -0.1) is 0 Å². The fourth-order valence-electron chi connectivity index (χ4n) is 2.78. The Hall–Kier alpha value is -3.23. The molecule has 1 amide bonds. The number of anilines is 1. The second-order valence-electron chi connectivity index (χ2n) is 6.80. The first-order chi connectivity index (χ1) is 14.8. The minimum atomic E-state index is -4.03. The minimum Gasteiger partial charge on any atom is -0.271 e. The highest BCUT2D eigenvalue weighted by Crippen LogP contribution is 2.29. The number of aryl methyl sites for hydroxylation is 2. The summed E-state index contributed by atoms with van der Waals surface area (Å²) in [5.41, 5.74) is 4.80. The number of rotatable bonds is 7. The second-order valence-corrected chi connectivity index (χ2v) is 9.10. The first-order valence-corrected chi connectivity index (χ1v) is 11.2. The van der Waals surface area contributed by atoms with E-state index in [-0.39, 0.29) is 4.90 Å². The van der Waals surface area contributed by atoms with Crippen molar-refractivity contribution in [1.29, 1.82) is 0 Å². The van der Waals surface area contributed by atoms with Gasteiger partial charge in [0.15, 0.2) is 0 Å². The quantitative estimate of drug-likeness (QED) is 0.433. The molecule has 0 aliphatic heterocycles. The van der Waals surface area contributed by atoms with Crippen LogP contribution < -0.4 is 9.73 Å². The Morgan fingerprint density at radius 2 is 1.87 bits per heavy atom. The van der Waals surface area contributed by atoms with Gasteiger partial charge < -0.3 is 0 Å². The minimum absolute atomic E-state index is 0.0715. The monoisotopic (exact) mass is 456 g/mol. The van der Waals surface area contributed by atoms with Crippen LogP contribution in [-0.4, -0.2) is 32.1 Å². The lowest BCUT2D eigenvalue weighted by atomic mass is 10.2. The van der Waals surface area contributed by atoms with Crippen LogP contribution >= 0.6 is 11.6 Å². The van der Waals surface area contributed by atoms with Crippen molar-refractivity contribution >= 4 is 39.4 Å². The molecule has 0 unspecified atom stereocenters. The number of hydrogen-bond donors (Lipinski definition) is 1. The molecule has 0 saturated heterocycles. The highest BCUT2D eigenvalue weighted by molar-refractivity contribution is 7.92. The van der Waals surface area contributed by atoms with Crippen LogP contribution in [0.5, 0.6) is 0 Å². The van der Waals surface area contributed by atoms with Crippen LogP contribution in [0.2, 0.25) is 5.02 Å². The van der Waals surface area contributed by atoms with Gasteiger partial charge in [0.1, 0.15) is 6.54 Å². The van der Waals surface area contributed by atoms with E-state index in [9.17, 15) is 13.2 Å². The first kappa shape index (κ1) is 22.5. The smallest absolute Gasteiger partial charge is 0.264 e. The lowest BCUT2D eigenvalue weighted by Crippen LogP contribution is -2.40. The molecule has 0 spiro atoms. The van der Waals surface area contributed by atoms with Crippen LogP contribution in [-0.2, 0) is 14.8 Å². The zero-order valence-corrected chi connectivity index (χ0v) is 18.6. The third kappa shape index (κ3) is 5.68. The number of halogens is 1. The number of hydrazone groups is 1. The second kappa shape index (κ2) is 9.72. The van der Waals surface area contributed by atoms with Gasteiger partial charge in [-0.2, -0.15) is 5.10 Å². The van der Waals surface area contributed by atoms with Crippen molar-refractivity contribution < 1.29 is 13.2 Å². The topological polar surface area (TPSA) is 91.7 Å². The average Bonchev–Trinajstić information content (AvgIpc) is 2.75. The summed E-state index contributed by atoms with van der Waals surface area (Å²) in [4.78, 5) is 16.7. The Bertz CT molecular complexity index is 1200. The van der Waals surface area contributed by atoms with Crippen LogP contribution in [0.4, 0.5) is 5.69 Å². The lowest BCUT2D eigenvalue weighted by Gasteiger charge is -2.25. The molecule has 0 atom stereocenters. The third-order valence-corrected chi connectivity index (χ3v) is 6.42. The fourth-order valence-corrected chi connectivity index (χ4v) is 4.42. The third-order valence-electron chi connectivity index (χ3n) is 4.41. The molecule has 0 fully saturated rings. The molecule has 7 nitrogen and oxygen atoms in total. The first-order valence-electron chi connectivity index (χ1n) is 9.36. The SMILES string of the molecule is Cc1ccc(S(=O)(=O)N(CC(=O)N/N=C\c2ccccn2)c2cc(Cl)ccc2C)cc1. The van der Waals surface area contributed by atoms with Gasteiger partial charge in [0, 0.05) is 11.2 Å². The van der Waals surface area contributed by atoms with E-state index in [0.717, 1.165) is 9.87 Å². The van der Waals surface area contributed by atoms with E-state index in [1.807, 2.05) is 6.92 Å². The average molecular weight is 457 g/mol. The van der Waals surface area contributed by atoms with Gasteiger partial charge >= 0.3 is 0 Å². The Morgan fingerprint density at radius 3 is 2.55 bits per heavy atom. The van der Waals surface area contributed by atoms with Gasteiger partial charge in [-0.1, -0.05) is 41.4 Å². The lowest BCUT2D eigenvalue weighted by molar-refractivity contribution is -0.119. The summed E-state index contributed by atoms with van der Waals surface area (Å²) in [6.07, 6.45) is 2.97. The number of carbonyl (C=O) groups excluding carboxylic acids is 1. The molecule has 0 aliphatic carbocycles. The Balaban J connectivity index is 1.90. The van der Waals surface area contributed by atoms with Gasteiger partial charge in [-0.3, -0.25) is 14.1 Å². The van der Waals surface area contributed by atoms with Crippen molar-refractivity contribution in [1.82, 2.24) is 10.4 Å². The summed E-state index contributed by atoms with van der Waals surface area (Å²) in [6.45, 7) is 3.14. The number of sulfonamides is 1. The Kier molecular flexibility index (Phi) is 7.04. The van der Waals surface area contributed by atoms with Crippen LogP contribution in [0.3, 0.4) is 0 Å². The van der Waals surface area contributed by atoms with E-state index in [1.165, 1.54) is 24.4 Å². The molecule has 1 heterocycles. The van der Waals surface area contributed by atoms with E-state index in [2.05, 4.69) is 15.5 Å². The predicted molar refractivity (Wildman–Crippen MR) is 122 cm³/mol. The molecular formula is C22H21ClN4O3S. The molecule has 0 saturated carbocycles. The number of aromatic nitrogens is 1. The van der Waals surface area contributed by atoms with Gasteiger partial charge in [0.2, 0.25) is 0 Å². The summed E-state index contributed by atoms with van der Waals surface area (Å²) in [5.74, 6) is -0.609. The summed E-state index contributed by atoms with van der Waals surface area (Å²) >= 11 is 6.11. The maximum absolute atomic E-state index is 13.4. The highest BCUT2D eigenvalue weighted by Gasteiger charge is 2.28. The molecule has 0 radical (unpaired) electrons. The normalized spacial score (nSPS) is 11.5. The van der Waals surface area contributed by atoms with Crippen LogP contribution in [0, 0.1) is 13.8 Å². The van der Waals surface area contributed by atoms with Crippen molar-refractivity contribution in [2.45, 2.75) is 18.7 Å². The van der Waals surface area contributed by atoms with E-state index in [4.69, 9.17) is 11.6 Å². The van der Waals surface area contributed by atoms with Crippen molar-refractivity contribution in [3.8, 4) is 0 Å². The molecule has 0 bridgehead atoms.